The Morgan fingerprint density at radius 3 is 2.68 bits per heavy atom. The Balaban J connectivity index is 2.30. The van der Waals surface area contributed by atoms with E-state index in [-0.39, 0.29) is 5.92 Å². The van der Waals surface area contributed by atoms with E-state index in [4.69, 9.17) is 22.3 Å². The van der Waals surface area contributed by atoms with E-state index in [0.29, 0.717) is 6.54 Å². The quantitative estimate of drug-likeness (QED) is 0.782. The van der Waals surface area contributed by atoms with Crippen LogP contribution in [-0.4, -0.2) is 15.9 Å². The molecule has 0 bridgehead atoms. The number of hydrogen-bond acceptors (Lipinski definition) is 2. The second kappa shape index (κ2) is 5.75. The van der Waals surface area contributed by atoms with Crippen molar-refractivity contribution < 1.29 is 0 Å². The fourth-order valence-corrected chi connectivity index (χ4v) is 2.87. The van der Waals surface area contributed by atoms with Crippen LogP contribution in [0.2, 0.25) is 5.02 Å². The molecule has 3 aromatic rings. The van der Waals surface area contributed by atoms with Crippen LogP contribution in [0.3, 0.4) is 0 Å². The topological polar surface area (TPSA) is 43.3 Å². The summed E-state index contributed by atoms with van der Waals surface area (Å²) in [5.41, 5.74) is 12.4. The highest BCUT2D eigenvalue weighted by molar-refractivity contribution is 6.31. The van der Waals surface area contributed by atoms with Gasteiger partial charge in [-0.25, -0.2) is 4.98 Å². The SMILES string of the molecule is Cc1ccc2nc(-c3ccc(Cl)c(C)c3)c(C(C)CN)n2c1. The van der Waals surface area contributed by atoms with Gasteiger partial charge in [0, 0.05) is 29.2 Å². The average molecular weight is 314 g/mol. The number of pyridine rings is 1. The van der Waals surface area contributed by atoms with Gasteiger partial charge in [0.05, 0.1) is 11.4 Å². The van der Waals surface area contributed by atoms with Crippen LogP contribution in [0.5, 0.6) is 0 Å². The first-order chi connectivity index (χ1) is 10.5. The summed E-state index contributed by atoms with van der Waals surface area (Å²) in [5, 5.41) is 0.775. The zero-order valence-electron chi connectivity index (χ0n) is 13.1. The highest BCUT2D eigenvalue weighted by Gasteiger charge is 2.19. The van der Waals surface area contributed by atoms with Crippen molar-refractivity contribution in [1.82, 2.24) is 9.38 Å². The summed E-state index contributed by atoms with van der Waals surface area (Å²) in [5.74, 6) is 0.225. The summed E-state index contributed by atoms with van der Waals surface area (Å²) < 4.78 is 2.16. The number of hydrogen-bond donors (Lipinski definition) is 1. The van der Waals surface area contributed by atoms with Gasteiger partial charge in [0.25, 0.3) is 0 Å². The van der Waals surface area contributed by atoms with Gasteiger partial charge in [0.1, 0.15) is 5.65 Å². The van der Waals surface area contributed by atoms with Crippen molar-refractivity contribution in [3.63, 3.8) is 0 Å². The highest BCUT2D eigenvalue weighted by Crippen LogP contribution is 2.31. The molecule has 0 aliphatic rings. The molecule has 1 aromatic carbocycles. The zero-order valence-corrected chi connectivity index (χ0v) is 13.9. The van der Waals surface area contributed by atoms with Crippen molar-refractivity contribution in [2.75, 3.05) is 6.54 Å². The Bertz CT molecular complexity index is 836. The van der Waals surface area contributed by atoms with Crippen LogP contribution in [0.1, 0.15) is 29.7 Å². The summed E-state index contributed by atoms with van der Waals surface area (Å²) in [7, 11) is 0. The van der Waals surface area contributed by atoms with Crippen LogP contribution in [0.25, 0.3) is 16.9 Å². The molecule has 2 heterocycles. The van der Waals surface area contributed by atoms with Crippen LogP contribution >= 0.6 is 11.6 Å². The lowest BCUT2D eigenvalue weighted by Crippen LogP contribution is -2.12. The molecule has 0 amide bonds. The molecule has 114 valence electrons. The Labute approximate surface area is 135 Å². The van der Waals surface area contributed by atoms with Gasteiger partial charge in [-0.1, -0.05) is 30.7 Å². The summed E-state index contributed by atoms with van der Waals surface area (Å²) >= 11 is 6.15. The van der Waals surface area contributed by atoms with E-state index in [0.717, 1.165) is 33.2 Å². The van der Waals surface area contributed by atoms with Crippen LogP contribution in [0, 0.1) is 13.8 Å². The number of benzene rings is 1. The molecule has 0 fully saturated rings. The van der Waals surface area contributed by atoms with Crippen LogP contribution in [0.15, 0.2) is 36.5 Å². The minimum absolute atomic E-state index is 0.225. The lowest BCUT2D eigenvalue weighted by molar-refractivity contribution is 0.738. The molecule has 0 spiro atoms. The maximum atomic E-state index is 6.15. The monoisotopic (exact) mass is 313 g/mol. The minimum atomic E-state index is 0.225. The van der Waals surface area contributed by atoms with Crippen molar-refractivity contribution in [1.29, 1.82) is 0 Å². The molecule has 3 nitrogen and oxygen atoms in total. The average Bonchev–Trinajstić information content (AvgIpc) is 2.87. The fraction of sp³-hybridized carbons (Fsp3) is 0.278. The van der Waals surface area contributed by atoms with Gasteiger partial charge in [-0.3, -0.25) is 0 Å². The Morgan fingerprint density at radius 1 is 1.23 bits per heavy atom. The number of aryl methyl sites for hydroxylation is 2. The number of halogens is 1. The van der Waals surface area contributed by atoms with Crippen LogP contribution < -0.4 is 5.73 Å². The summed E-state index contributed by atoms with van der Waals surface area (Å²) in [6.07, 6.45) is 2.12. The van der Waals surface area contributed by atoms with Crippen LogP contribution in [-0.2, 0) is 0 Å². The van der Waals surface area contributed by atoms with Crippen molar-refractivity contribution in [2.45, 2.75) is 26.7 Å². The van der Waals surface area contributed by atoms with E-state index in [1.807, 2.05) is 25.1 Å². The van der Waals surface area contributed by atoms with Gasteiger partial charge < -0.3 is 10.1 Å². The van der Waals surface area contributed by atoms with Crippen molar-refractivity contribution in [2.24, 2.45) is 5.73 Å². The standard InChI is InChI=1S/C18H20ClN3/c1-11-4-7-16-21-17(14-5-6-15(19)12(2)8-14)18(13(3)9-20)22(16)10-11/h4-8,10,13H,9,20H2,1-3H3. The number of imidazole rings is 1. The molecule has 4 heteroatoms. The molecule has 0 saturated heterocycles. The third kappa shape index (κ3) is 2.51. The molecule has 0 aliphatic carbocycles. The summed E-state index contributed by atoms with van der Waals surface area (Å²) in [6.45, 7) is 6.82. The summed E-state index contributed by atoms with van der Waals surface area (Å²) in [4.78, 5) is 4.83. The highest BCUT2D eigenvalue weighted by atomic mass is 35.5. The van der Waals surface area contributed by atoms with E-state index in [9.17, 15) is 0 Å². The van der Waals surface area contributed by atoms with Gasteiger partial charge >= 0.3 is 0 Å². The lowest BCUT2D eigenvalue weighted by Gasteiger charge is -2.12. The van der Waals surface area contributed by atoms with E-state index >= 15 is 0 Å². The molecule has 1 unspecified atom stereocenters. The van der Waals surface area contributed by atoms with Gasteiger partial charge in [-0.15, -0.1) is 0 Å². The molecule has 0 aliphatic heterocycles. The second-order valence-electron chi connectivity index (χ2n) is 5.88. The van der Waals surface area contributed by atoms with E-state index in [1.54, 1.807) is 0 Å². The molecule has 2 aromatic heterocycles. The largest absolute Gasteiger partial charge is 0.330 e. The zero-order chi connectivity index (χ0) is 15.9. The number of rotatable bonds is 3. The van der Waals surface area contributed by atoms with E-state index in [1.165, 1.54) is 5.56 Å². The number of nitrogens with zero attached hydrogens (tertiary/aromatic N) is 2. The second-order valence-corrected chi connectivity index (χ2v) is 6.29. The van der Waals surface area contributed by atoms with Crippen LogP contribution in [0.4, 0.5) is 0 Å². The third-order valence-electron chi connectivity index (χ3n) is 4.06. The minimum Gasteiger partial charge on any atom is -0.330 e. The molecule has 2 N–H and O–H groups in total. The third-order valence-corrected chi connectivity index (χ3v) is 4.48. The molecule has 0 saturated carbocycles. The molecule has 3 rings (SSSR count). The summed E-state index contributed by atoms with van der Waals surface area (Å²) in [6, 6.07) is 10.2. The molecule has 0 radical (unpaired) electrons. The first-order valence-corrected chi connectivity index (χ1v) is 7.84. The predicted molar refractivity (Wildman–Crippen MR) is 92.6 cm³/mol. The van der Waals surface area contributed by atoms with Crippen molar-refractivity contribution in [3.8, 4) is 11.3 Å². The number of fused-ring (bicyclic) bond motifs is 1. The fourth-order valence-electron chi connectivity index (χ4n) is 2.76. The first kappa shape index (κ1) is 15.1. The molecular weight excluding hydrogens is 294 g/mol. The number of nitrogens with two attached hydrogens (primary N) is 1. The normalized spacial score (nSPS) is 12.8. The maximum Gasteiger partial charge on any atom is 0.137 e. The first-order valence-electron chi connectivity index (χ1n) is 7.46. The van der Waals surface area contributed by atoms with Crippen molar-refractivity contribution >= 4 is 17.2 Å². The Morgan fingerprint density at radius 2 is 2.00 bits per heavy atom. The molecule has 22 heavy (non-hydrogen) atoms. The van der Waals surface area contributed by atoms with Gasteiger partial charge in [0.15, 0.2) is 0 Å². The van der Waals surface area contributed by atoms with Gasteiger partial charge in [-0.2, -0.15) is 0 Å². The van der Waals surface area contributed by atoms with Crippen molar-refractivity contribution in [3.05, 3.63) is 58.4 Å². The van der Waals surface area contributed by atoms with E-state index in [2.05, 4.69) is 36.6 Å². The Hall–Kier alpha value is -1.84. The van der Waals surface area contributed by atoms with E-state index < -0.39 is 0 Å². The van der Waals surface area contributed by atoms with Gasteiger partial charge in [-0.05, 0) is 43.2 Å². The van der Waals surface area contributed by atoms with Gasteiger partial charge in [0.2, 0.25) is 0 Å². The maximum absolute atomic E-state index is 6.15. The number of aromatic nitrogens is 2. The predicted octanol–water partition coefficient (Wildman–Crippen LogP) is 4.33. The lowest BCUT2D eigenvalue weighted by atomic mass is 10.0. The molecular formula is C18H20ClN3. The smallest absolute Gasteiger partial charge is 0.137 e. The Kier molecular flexibility index (Phi) is 3.94. The molecule has 1 atom stereocenters.